The summed E-state index contributed by atoms with van der Waals surface area (Å²) >= 11 is 0. The molecule has 2 saturated carbocycles. The molecule has 2 heterocycles. The molecule has 10 radical (unpaired) electrons. The van der Waals surface area contributed by atoms with Crippen LogP contribution in [0.5, 0.6) is 0 Å². The van der Waals surface area contributed by atoms with E-state index >= 15 is 0 Å². The van der Waals surface area contributed by atoms with E-state index in [0.29, 0.717) is 0 Å². The van der Waals surface area contributed by atoms with Crippen LogP contribution in [0.4, 0.5) is 0 Å². The second kappa shape index (κ2) is 16.3. The molecule has 0 aromatic rings. The van der Waals surface area contributed by atoms with Crippen molar-refractivity contribution in [2.45, 2.75) is 117 Å². The average Bonchev–Trinajstić information content (AvgIpc) is 3.59. The predicted octanol–water partition coefficient (Wildman–Crippen LogP) is 9.17. The first kappa shape index (κ1) is 40.4. The smallest absolute Gasteiger partial charge is 0.0618 e. The minimum absolute atomic E-state index is 0. The van der Waals surface area contributed by atoms with E-state index < -0.39 is 40.4 Å². The zero-order valence-corrected chi connectivity index (χ0v) is 36.3. The van der Waals surface area contributed by atoms with Gasteiger partial charge in [-0.15, -0.1) is 0 Å². The molecular weight excluding hydrogens is 707 g/mol. The third-order valence-corrected chi connectivity index (χ3v) is 20.2. The molecule has 4 fully saturated rings. The Morgan fingerprint density at radius 3 is 0.925 bits per heavy atom. The van der Waals surface area contributed by atoms with Crippen LogP contribution in [0.1, 0.15) is 25.7 Å². The summed E-state index contributed by atoms with van der Waals surface area (Å²) in [6.07, 6.45) is 15.8. The van der Waals surface area contributed by atoms with Crippen molar-refractivity contribution < 1.29 is 49.9 Å². The number of ether oxygens (including phenoxy) is 2. The molecule has 2 aliphatic heterocycles. The molecular formula is C32H62O2Si5Sm. The first-order chi connectivity index (χ1) is 17.7. The fraction of sp³-hybridized carbons (Fsp3) is 0.688. The fourth-order valence-electron chi connectivity index (χ4n) is 5.36. The molecule has 0 N–H and O–H groups in total. The first-order valence-corrected chi connectivity index (χ1v) is 32.5. The Balaban J connectivity index is 0.000000603. The number of rotatable bonds is 6. The second-order valence-electron chi connectivity index (χ2n) is 16.4. The Kier molecular flexibility index (Phi) is 16.4. The van der Waals surface area contributed by atoms with Gasteiger partial charge in [-0.05, 0) is 84.6 Å². The van der Waals surface area contributed by atoms with Gasteiger partial charge < -0.3 is 9.47 Å². The van der Waals surface area contributed by atoms with Crippen molar-refractivity contribution in [3.63, 3.8) is 0 Å². The molecule has 2 nitrogen and oxygen atoms in total. The summed E-state index contributed by atoms with van der Waals surface area (Å²) in [4.78, 5) is 0. The molecule has 228 valence electrons. The Labute approximate surface area is 290 Å². The summed E-state index contributed by atoms with van der Waals surface area (Å²) in [6, 6.07) is 0. The normalized spacial score (nSPS) is 23.6. The van der Waals surface area contributed by atoms with Crippen molar-refractivity contribution in [1.29, 1.82) is 0 Å². The molecule has 0 atom stereocenters. The molecule has 0 unspecified atom stereocenters. The van der Waals surface area contributed by atoms with Crippen LogP contribution in [0.15, 0.2) is 0 Å². The molecule has 0 aromatic heterocycles. The van der Waals surface area contributed by atoms with Crippen molar-refractivity contribution >= 4 is 40.4 Å². The van der Waals surface area contributed by atoms with E-state index in [9.17, 15) is 0 Å². The van der Waals surface area contributed by atoms with Gasteiger partial charge in [0.05, 0.1) is 40.4 Å². The zero-order valence-electron chi connectivity index (χ0n) is 28.7. The van der Waals surface area contributed by atoms with Gasteiger partial charge in [-0.1, -0.05) is 91.7 Å². The van der Waals surface area contributed by atoms with Gasteiger partial charge in [0, 0.05) is 66.8 Å². The quantitative estimate of drug-likeness (QED) is 0.251. The van der Waals surface area contributed by atoms with Crippen molar-refractivity contribution in [1.82, 2.24) is 0 Å². The maximum Gasteiger partial charge on any atom is 0.0618 e. The van der Waals surface area contributed by atoms with Gasteiger partial charge in [0.2, 0.25) is 0 Å². The molecule has 2 saturated heterocycles. The van der Waals surface area contributed by atoms with Crippen LogP contribution >= 0.6 is 0 Å². The van der Waals surface area contributed by atoms with E-state index in [-0.39, 0.29) is 40.4 Å². The van der Waals surface area contributed by atoms with E-state index in [1.165, 1.54) is 25.7 Å². The van der Waals surface area contributed by atoms with Crippen LogP contribution < -0.4 is 0 Å². The number of hydrogen-bond acceptors (Lipinski definition) is 2. The van der Waals surface area contributed by atoms with Gasteiger partial charge >= 0.3 is 0 Å². The van der Waals surface area contributed by atoms with Gasteiger partial charge in [0.1, 0.15) is 0 Å². The van der Waals surface area contributed by atoms with E-state index in [4.69, 9.17) is 9.47 Å². The molecule has 4 aliphatic rings. The third kappa shape index (κ3) is 11.9. The van der Waals surface area contributed by atoms with Crippen LogP contribution in [-0.2, 0) is 9.47 Å². The second-order valence-corrected chi connectivity index (χ2v) is 41.0. The summed E-state index contributed by atoms with van der Waals surface area (Å²) in [7, 11) is -7.13. The Hall–Kier alpha value is 2.34. The van der Waals surface area contributed by atoms with Crippen LogP contribution in [0.3, 0.4) is 0 Å². The maximum absolute atomic E-state index is 4.94. The van der Waals surface area contributed by atoms with E-state index in [1.54, 1.807) is 33.2 Å². The predicted molar refractivity (Wildman–Crippen MR) is 188 cm³/mol. The van der Waals surface area contributed by atoms with Crippen LogP contribution in [0, 0.1) is 99.3 Å². The Bertz CT molecular complexity index is 680. The van der Waals surface area contributed by atoms with Gasteiger partial charge in [-0.2, -0.15) is 0 Å². The third-order valence-electron chi connectivity index (χ3n) is 8.12. The molecule has 4 rings (SSSR count). The van der Waals surface area contributed by atoms with Crippen molar-refractivity contribution in [3.05, 3.63) is 58.9 Å². The molecule has 0 aromatic carbocycles. The first-order valence-electron chi connectivity index (χ1n) is 15.5. The van der Waals surface area contributed by atoms with Crippen molar-refractivity contribution in [2.24, 2.45) is 0 Å². The Morgan fingerprint density at radius 1 is 0.400 bits per heavy atom. The van der Waals surface area contributed by atoms with Gasteiger partial charge in [-0.3, -0.25) is 0 Å². The zero-order chi connectivity index (χ0) is 29.9. The molecule has 8 heteroatoms. The van der Waals surface area contributed by atoms with Crippen LogP contribution in [-0.4, -0.2) is 66.8 Å². The number of hydrogen-bond donors (Lipinski definition) is 0. The van der Waals surface area contributed by atoms with Crippen molar-refractivity contribution in [2.75, 3.05) is 26.4 Å². The molecule has 0 bridgehead atoms. The molecule has 40 heavy (non-hydrogen) atoms. The summed E-state index contributed by atoms with van der Waals surface area (Å²) < 4.78 is 9.89. The standard InChI is InChI=1S/C24H46Si5.2C4H8O.Sm/c1-25(2,3)19-15-23(28(10,11)12)24(16-19)29(13,14)20-17-21(26(4,5)6)22(18-20)27(7,8)9;2*1-2-4-5-3-1;/h15-18H,1-14H3;2*1-4H2;. The average molecular weight is 770 g/mol. The van der Waals surface area contributed by atoms with Gasteiger partial charge in [0.15, 0.2) is 0 Å². The molecule has 2 aliphatic carbocycles. The molecule has 0 spiro atoms. The largest absolute Gasteiger partial charge is 0.381 e. The van der Waals surface area contributed by atoms with Gasteiger partial charge in [-0.25, -0.2) is 0 Å². The topological polar surface area (TPSA) is 18.5 Å². The fourth-order valence-corrected chi connectivity index (χ4v) is 18.4. The van der Waals surface area contributed by atoms with Crippen molar-refractivity contribution in [3.8, 4) is 0 Å². The summed E-state index contributed by atoms with van der Waals surface area (Å²) in [5, 5.41) is 0. The van der Waals surface area contributed by atoms with Crippen LogP contribution in [0.25, 0.3) is 0 Å². The SMILES string of the molecule is C1CCOC1.C1CCOC1.C[Si](C)(C)[C]1[CH][C]([Si](C)(C)C)[C]([Si](C)(C)[C]2[CH][C]([Si](C)(C)C)[C]([Si](C)(C)C)[CH]2)[CH]1.[Sm]. The van der Waals surface area contributed by atoms with E-state index in [1.807, 2.05) is 0 Å². The van der Waals surface area contributed by atoms with E-state index in [0.717, 1.165) is 26.4 Å². The Morgan fingerprint density at radius 2 is 0.675 bits per heavy atom. The van der Waals surface area contributed by atoms with E-state index in [2.05, 4.69) is 117 Å². The summed E-state index contributed by atoms with van der Waals surface area (Å²) in [5.41, 5.74) is 10.4. The minimum atomic E-state index is -1.73. The van der Waals surface area contributed by atoms with Crippen LogP contribution in [0.2, 0.25) is 91.7 Å². The summed E-state index contributed by atoms with van der Waals surface area (Å²) in [6.45, 7) is 39.6. The monoisotopic (exact) mass is 770 g/mol. The summed E-state index contributed by atoms with van der Waals surface area (Å²) in [5.74, 6) is 0. The minimum Gasteiger partial charge on any atom is -0.381 e. The molecule has 0 amide bonds. The van der Waals surface area contributed by atoms with Gasteiger partial charge in [0.25, 0.3) is 0 Å². The maximum atomic E-state index is 4.94.